The molecular formula is C14H25N3S. The first-order chi connectivity index (χ1) is 8.45. The van der Waals surface area contributed by atoms with Crippen molar-refractivity contribution in [2.45, 2.75) is 58.0 Å². The molecule has 0 spiro atoms. The van der Waals surface area contributed by atoms with Gasteiger partial charge in [-0.05, 0) is 11.8 Å². The molecule has 1 saturated heterocycles. The Bertz CT molecular complexity index is 356. The van der Waals surface area contributed by atoms with E-state index in [0.717, 1.165) is 11.8 Å². The van der Waals surface area contributed by atoms with Gasteiger partial charge in [-0.2, -0.15) is 11.8 Å². The van der Waals surface area contributed by atoms with Gasteiger partial charge in [-0.3, -0.25) is 0 Å². The highest BCUT2D eigenvalue weighted by atomic mass is 32.2. The summed E-state index contributed by atoms with van der Waals surface area (Å²) in [7, 11) is 0. The van der Waals surface area contributed by atoms with Crippen molar-refractivity contribution in [2.75, 3.05) is 5.75 Å². The molecule has 0 aliphatic carbocycles. The molecule has 0 aromatic carbocycles. The van der Waals surface area contributed by atoms with E-state index in [4.69, 9.17) is 0 Å². The van der Waals surface area contributed by atoms with Gasteiger partial charge in [0.2, 0.25) is 0 Å². The van der Waals surface area contributed by atoms with Gasteiger partial charge in [0.15, 0.2) is 0 Å². The van der Waals surface area contributed by atoms with Gasteiger partial charge in [0, 0.05) is 42.0 Å². The molecule has 2 rings (SSSR count). The summed E-state index contributed by atoms with van der Waals surface area (Å²) in [4.78, 5) is 4.13. The van der Waals surface area contributed by atoms with Crippen molar-refractivity contribution in [1.29, 1.82) is 0 Å². The Hall–Kier alpha value is -0.480. The predicted molar refractivity (Wildman–Crippen MR) is 78.9 cm³/mol. The van der Waals surface area contributed by atoms with Gasteiger partial charge in [-0.1, -0.05) is 27.7 Å². The number of hydrogen-bond donors (Lipinski definition) is 1. The number of nitrogens with one attached hydrogen (secondary N) is 1. The SMILES string of the molecule is CC1CC(NC(Cn2ccnc2)C(C)(C)C)CS1. The fraction of sp³-hybridized carbons (Fsp3) is 0.786. The molecule has 1 N–H and O–H groups in total. The van der Waals surface area contributed by atoms with Crippen LogP contribution in [-0.4, -0.2) is 32.6 Å². The Morgan fingerprint density at radius 2 is 2.28 bits per heavy atom. The van der Waals surface area contributed by atoms with E-state index >= 15 is 0 Å². The molecule has 1 aliphatic heterocycles. The highest BCUT2D eigenvalue weighted by Crippen LogP contribution is 2.29. The van der Waals surface area contributed by atoms with Crippen LogP contribution in [-0.2, 0) is 6.54 Å². The first kappa shape index (κ1) is 13.9. The molecule has 102 valence electrons. The van der Waals surface area contributed by atoms with E-state index in [1.165, 1.54) is 12.2 Å². The van der Waals surface area contributed by atoms with Crippen molar-refractivity contribution < 1.29 is 0 Å². The fourth-order valence-corrected chi connectivity index (χ4v) is 3.56. The van der Waals surface area contributed by atoms with Crippen LogP contribution in [0, 0.1) is 5.41 Å². The molecule has 3 unspecified atom stereocenters. The van der Waals surface area contributed by atoms with Crippen LogP contribution in [0.15, 0.2) is 18.7 Å². The summed E-state index contributed by atoms with van der Waals surface area (Å²) >= 11 is 2.08. The lowest BCUT2D eigenvalue weighted by atomic mass is 9.86. The normalized spacial score (nSPS) is 26.4. The van der Waals surface area contributed by atoms with Crippen LogP contribution in [0.3, 0.4) is 0 Å². The van der Waals surface area contributed by atoms with Gasteiger partial charge >= 0.3 is 0 Å². The largest absolute Gasteiger partial charge is 0.336 e. The predicted octanol–water partition coefficient (Wildman–Crippen LogP) is 2.78. The molecule has 18 heavy (non-hydrogen) atoms. The van der Waals surface area contributed by atoms with Crippen LogP contribution in [0.4, 0.5) is 0 Å². The quantitative estimate of drug-likeness (QED) is 0.910. The Morgan fingerprint density at radius 3 is 2.78 bits per heavy atom. The Labute approximate surface area is 115 Å². The van der Waals surface area contributed by atoms with Gasteiger partial charge in [0.05, 0.1) is 6.33 Å². The number of rotatable bonds is 4. The zero-order valence-corrected chi connectivity index (χ0v) is 12.7. The molecule has 3 atom stereocenters. The van der Waals surface area contributed by atoms with E-state index < -0.39 is 0 Å². The maximum atomic E-state index is 4.13. The summed E-state index contributed by atoms with van der Waals surface area (Å²) in [5.41, 5.74) is 0.265. The van der Waals surface area contributed by atoms with Crippen molar-refractivity contribution in [3.63, 3.8) is 0 Å². The van der Waals surface area contributed by atoms with Crippen molar-refractivity contribution in [2.24, 2.45) is 5.41 Å². The lowest BCUT2D eigenvalue weighted by Gasteiger charge is -2.34. The van der Waals surface area contributed by atoms with Crippen LogP contribution in [0.5, 0.6) is 0 Å². The van der Waals surface area contributed by atoms with Gasteiger partial charge in [-0.15, -0.1) is 0 Å². The zero-order valence-electron chi connectivity index (χ0n) is 11.9. The van der Waals surface area contributed by atoms with Crippen LogP contribution in [0.2, 0.25) is 0 Å². The molecular weight excluding hydrogens is 242 g/mol. The first-order valence-corrected chi connectivity index (χ1v) is 7.83. The number of nitrogens with zero attached hydrogens (tertiary/aromatic N) is 2. The van der Waals surface area contributed by atoms with E-state index in [0.29, 0.717) is 12.1 Å². The number of aromatic nitrogens is 2. The van der Waals surface area contributed by atoms with E-state index in [2.05, 4.69) is 54.3 Å². The summed E-state index contributed by atoms with van der Waals surface area (Å²) in [6, 6.07) is 1.15. The van der Waals surface area contributed by atoms with E-state index in [1.54, 1.807) is 0 Å². The molecule has 0 saturated carbocycles. The van der Waals surface area contributed by atoms with Crippen molar-refractivity contribution >= 4 is 11.8 Å². The smallest absolute Gasteiger partial charge is 0.0946 e. The molecule has 0 bridgehead atoms. The molecule has 0 amide bonds. The second-order valence-corrected chi connectivity index (χ2v) is 7.89. The molecule has 1 aromatic rings. The summed E-state index contributed by atoms with van der Waals surface area (Å²) in [5, 5.41) is 4.66. The zero-order chi connectivity index (χ0) is 13.2. The Morgan fingerprint density at radius 1 is 1.50 bits per heavy atom. The molecule has 0 radical (unpaired) electrons. The summed E-state index contributed by atoms with van der Waals surface area (Å²) in [5.74, 6) is 1.25. The first-order valence-electron chi connectivity index (χ1n) is 6.78. The lowest BCUT2D eigenvalue weighted by Crippen LogP contribution is -2.48. The third kappa shape index (κ3) is 3.75. The number of hydrogen-bond acceptors (Lipinski definition) is 3. The molecule has 1 aliphatic rings. The molecule has 1 fully saturated rings. The van der Waals surface area contributed by atoms with Crippen molar-refractivity contribution in [1.82, 2.24) is 14.9 Å². The third-order valence-corrected chi connectivity index (χ3v) is 4.99. The highest BCUT2D eigenvalue weighted by molar-refractivity contribution is 8.00. The Balaban J connectivity index is 1.97. The average molecular weight is 267 g/mol. The maximum Gasteiger partial charge on any atom is 0.0946 e. The molecule has 2 heterocycles. The van der Waals surface area contributed by atoms with Gasteiger partial charge in [-0.25, -0.2) is 4.98 Å². The van der Waals surface area contributed by atoms with Gasteiger partial charge < -0.3 is 9.88 Å². The summed E-state index contributed by atoms with van der Waals surface area (Å²) in [6.07, 6.45) is 7.10. The minimum Gasteiger partial charge on any atom is -0.336 e. The van der Waals surface area contributed by atoms with Crippen LogP contribution < -0.4 is 5.32 Å². The van der Waals surface area contributed by atoms with Gasteiger partial charge in [0.25, 0.3) is 0 Å². The third-order valence-electron chi connectivity index (χ3n) is 3.63. The topological polar surface area (TPSA) is 29.9 Å². The number of thioether (sulfide) groups is 1. The maximum absolute atomic E-state index is 4.13. The second kappa shape index (κ2) is 5.66. The standard InChI is InChI=1S/C14H25N3S/c1-11-7-12(9-18-11)16-13(14(2,3)4)8-17-6-5-15-10-17/h5-6,10-13,16H,7-9H2,1-4H3. The fourth-order valence-electron chi connectivity index (χ4n) is 2.40. The van der Waals surface area contributed by atoms with Crippen molar-refractivity contribution in [3.8, 4) is 0 Å². The summed E-state index contributed by atoms with van der Waals surface area (Å²) in [6.45, 7) is 10.3. The van der Waals surface area contributed by atoms with Crippen LogP contribution in [0.25, 0.3) is 0 Å². The summed E-state index contributed by atoms with van der Waals surface area (Å²) < 4.78 is 2.18. The molecule has 3 nitrogen and oxygen atoms in total. The molecule has 1 aromatic heterocycles. The molecule has 4 heteroatoms. The second-order valence-electron chi connectivity index (χ2n) is 6.42. The van der Waals surface area contributed by atoms with Crippen LogP contribution in [0.1, 0.15) is 34.1 Å². The van der Waals surface area contributed by atoms with Gasteiger partial charge in [0.1, 0.15) is 0 Å². The highest BCUT2D eigenvalue weighted by Gasteiger charge is 2.30. The Kier molecular flexibility index (Phi) is 4.38. The minimum atomic E-state index is 0.265. The lowest BCUT2D eigenvalue weighted by molar-refractivity contribution is 0.225. The van der Waals surface area contributed by atoms with Crippen LogP contribution >= 0.6 is 11.8 Å². The minimum absolute atomic E-state index is 0.265. The van der Waals surface area contributed by atoms with E-state index in [9.17, 15) is 0 Å². The average Bonchev–Trinajstić information content (AvgIpc) is 2.88. The van der Waals surface area contributed by atoms with E-state index in [-0.39, 0.29) is 5.41 Å². The monoisotopic (exact) mass is 267 g/mol. The van der Waals surface area contributed by atoms with Crippen molar-refractivity contribution in [3.05, 3.63) is 18.7 Å². The van der Waals surface area contributed by atoms with E-state index in [1.807, 2.05) is 18.7 Å². The number of imidazole rings is 1.